The Morgan fingerprint density at radius 2 is 1.84 bits per heavy atom. The summed E-state index contributed by atoms with van der Waals surface area (Å²) in [5.41, 5.74) is 5.78. The number of hydrogen-bond acceptors (Lipinski definition) is 5. The second-order valence-corrected chi connectivity index (χ2v) is 8.76. The molecule has 2 atom stereocenters. The molecule has 6 heteroatoms. The average Bonchev–Trinajstić information content (AvgIpc) is 3.02. The summed E-state index contributed by atoms with van der Waals surface area (Å²) >= 11 is 1.51. The number of aromatic nitrogens is 1. The number of rotatable bonds is 1. The average molecular weight is 406 g/mol. The number of likely N-dealkylation sites (tertiary alicyclic amines) is 1. The molecule has 140 valence electrons. The van der Waals surface area contributed by atoms with Crippen LogP contribution in [-0.4, -0.2) is 60.7 Å². The SMILES string of the molecule is C.CC(C)(C)OC=O.CN1CC2CCCC2C1.Nc1cc[c]([Ga])nc1. The van der Waals surface area contributed by atoms with Crippen LogP contribution in [0.5, 0.6) is 0 Å². The number of nitrogens with two attached hydrogens (primary N) is 1. The molecule has 2 aliphatic rings. The Kier molecular flexibility index (Phi) is 11.1. The van der Waals surface area contributed by atoms with Crippen LogP contribution in [0.15, 0.2) is 18.3 Å². The zero-order valence-corrected chi connectivity index (χ0v) is 17.8. The molecule has 5 nitrogen and oxygen atoms in total. The van der Waals surface area contributed by atoms with Crippen molar-refractivity contribution in [3.63, 3.8) is 0 Å². The third kappa shape index (κ3) is 10.6. The van der Waals surface area contributed by atoms with Crippen LogP contribution in [0.25, 0.3) is 0 Å². The predicted octanol–water partition coefficient (Wildman–Crippen LogP) is 2.40. The van der Waals surface area contributed by atoms with Gasteiger partial charge in [-0.25, -0.2) is 0 Å². The summed E-state index contributed by atoms with van der Waals surface area (Å²) < 4.78 is 5.61. The number of anilines is 1. The summed E-state index contributed by atoms with van der Waals surface area (Å²) in [5, 5.41) is 0. The summed E-state index contributed by atoms with van der Waals surface area (Å²) in [5.74, 6) is 2.16. The van der Waals surface area contributed by atoms with E-state index in [9.17, 15) is 4.79 Å². The molecule has 0 spiro atoms. The van der Waals surface area contributed by atoms with E-state index in [-0.39, 0.29) is 13.0 Å². The molecule has 1 saturated heterocycles. The summed E-state index contributed by atoms with van der Waals surface area (Å²) in [4.78, 5) is 16.1. The summed E-state index contributed by atoms with van der Waals surface area (Å²) in [6.07, 6.45) is 6.18. The Labute approximate surface area is 163 Å². The molecular formula is C19H34GaN3O2. The molecule has 3 rings (SSSR count). The van der Waals surface area contributed by atoms with Crippen LogP contribution in [0.1, 0.15) is 47.5 Å². The number of hydrogen-bond donors (Lipinski definition) is 1. The molecule has 1 aromatic heterocycles. The first kappa shape index (κ1) is 24.0. The molecular weight excluding hydrogens is 372 g/mol. The molecule has 2 fully saturated rings. The first-order chi connectivity index (χ1) is 11.2. The van der Waals surface area contributed by atoms with Crippen molar-refractivity contribution >= 4 is 35.0 Å². The van der Waals surface area contributed by atoms with Gasteiger partial charge >= 0.3 is 57.6 Å². The number of nitrogen functional groups attached to an aromatic ring is 1. The standard InChI is InChI=1S/C8H15N.C5H5N2.C5H10O2.CH4.Ga/c1-9-5-7-3-2-4-8(7)6-9;6-5-2-1-3-7-4-5;1-5(2,3)7-4-6;;/h7-8H,2-6H2,1H3;1-2,4H,6H2;4H,1-3H3;1H4;. The van der Waals surface area contributed by atoms with Crippen molar-refractivity contribution in [1.29, 1.82) is 0 Å². The minimum absolute atomic E-state index is 0. The number of carbonyl (C=O) groups is 1. The second kappa shape index (κ2) is 11.6. The van der Waals surface area contributed by atoms with Gasteiger partial charge < -0.3 is 9.64 Å². The zero-order chi connectivity index (χ0) is 18.2. The van der Waals surface area contributed by atoms with E-state index < -0.39 is 0 Å². The number of carbonyl (C=O) groups excluding carboxylic acids is 1. The fraction of sp³-hybridized carbons (Fsp3) is 0.684. The van der Waals surface area contributed by atoms with E-state index >= 15 is 0 Å². The normalized spacial score (nSPS) is 21.6. The molecule has 1 aromatic rings. The van der Waals surface area contributed by atoms with Crippen molar-refractivity contribution in [2.45, 2.75) is 53.1 Å². The molecule has 0 bridgehead atoms. The maximum absolute atomic E-state index is 9.60. The molecule has 2 radical (unpaired) electrons. The van der Waals surface area contributed by atoms with Crippen LogP contribution in [-0.2, 0) is 9.53 Å². The minimum atomic E-state index is -0.318. The molecule has 25 heavy (non-hydrogen) atoms. The van der Waals surface area contributed by atoms with E-state index in [1.54, 1.807) is 6.20 Å². The Morgan fingerprint density at radius 1 is 1.28 bits per heavy atom. The molecule has 1 aliphatic carbocycles. The fourth-order valence-electron chi connectivity index (χ4n) is 3.03. The molecule has 2 N–H and O–H groups in total. The van der Waals surface area contributed by atoms with Crippen LogP contribution >= 0.6 is 0 Å². The van der Waals surface area contributed by atoms with Gasteiger partial charge in [-0.1, -0.05) is 13.8 Å². The van der Waals surface area contributed by atoms with E-state index in [0.29, 0.717) is 6.47 Å². The topological polar surface area (TPSA) is 68.5 Å². The number of pyridine rings is 1. The number of fused-ring (bicyclic) bond motifs is 1. The summed E-state index contributed by atoms with van der Waals surface area (Å²) in [6.45, 7) is 8.68. The van der Waals surface area contributed by atoms with Gasteiger partial charge in [0.2, 0.25) is 0 Å². The van der Waals surface area contributed by atoms with Crippen molar-refractivity contribution in [2.24, 2.45) is 11.8 Å². The van der Waals surface area contributed by atoms with Gasteiger partial charge in [0.05, 0.1) is 0 Å². The van der Waals surface area contributed by atoms with Gasteiger partial charge in [-0.05, 0) is 52.5 Å². The Bertz CT molecular complexity index is 455. The van der Waals surface area contributed by atoms with Gasteiger partial charge in [0.1, 0.15) is 5.60 Å². The molecule has 0 aromatic carbocycles. The van der Waals surface area contributed by atoms with Crippen LogP contribution in [0.4, 0.5) is 5.69 Å². The fourth-order valence-corrected chi connectivity index (χ4v) is 3.39. The van der Waals surface area contributed by atoms with E-state index in [1.165, 1.54) is 51.0 Å². The second-order valence-electron chi connectivity index (χ2n) is 7.52. The van der Waals surface area contributed by atoms with Gasteiger partial charge in [-0.15, -0.1) is 0 Å². The Morgan fingerprint density at radius 3 is 2.16 bits per heavy atom. The predicted molar refractivity (Wildman–Crippen MR) is 106 cm³/mol. The zero-order valence-electron chi connectivity index (χ0n) is 15.4. The van der Waals surface area contributed by atoms with Gasteiger partial charge in [0, 0.05) is 13.1 Å². The molecule has 1 aliphatic heterocycles. The third-order valence-corrected chi connectivity index (χ3v) is 4.84. The van der Waals surface area contributed by atoms with E-state index in [2.05, 4.69) is 21.7 Å². The maximum atomic E-state index is 9.60. The van der Waals surface area contributed by atoms with Crippen LogP contribution in [0.3, 0.4) is 0 Å². The van der Waals surface area contributed by atoms with Crippen molar-refractivity contribution in [3.8, 4) is 0 Å². The third-order valence-electron chi connectivity index (χ3n) is 4.12. The Hall–Kier alpha value is -0.984. The molecule has 2 unspecified atom stereocenters. The first-order valence-electron chi connectivity index (χ1n) is 8.48. The van der Waals surface area contributed by atoms with Crippen molar-refractivity contribution < 1.29 is 9.53 Å². The number of ether oxygens (including phenoxy) is 1. The van der Waals surface area contributed by atoms with Crippen LogP contribution < -0.4 is 9.98 Å². The molecule has 1 saturated carbocycles. The first-order valence-corrected chi connectivity index (χ1v) is 9.69. The monoisotopic (exact) mass is 405 g/mol. The van der Waals surface area contributed by atoms with Crippen LogP contribution in [0.2, 0.25) is 0 Å². The van der Waals surface area contributed by atoms with Crippen LogP contribution in [0, 0.1) is 11.8 Å². The van der Waals surface area contributed by atoms with Crippen molar-refractivity contribution in [1.82, 2.24) is 9.88 Å². The van der Waals surface area contributed by atoms with E-state index in [1.807, 2.05) is 32.9 Å². The van der Waals surface area contributed by atoms with E-state index in [0.717, 1.165) is 21.8 Å². The van der Waals surface area contributed by atoms with Gasteiger partial charge in [0.25, 0.3) is 6.47 Å². The molecule has 0 amide bonds. The number of nitrogens with zero attached hydrogens (tertiary/aromatic N) is 2. The summed E-state index contributed by atoms with van der Waals surface area (Å²) in [7, 11) is 2.25. The Balaban J connectivity index is 0.000000343. The van der Waals surface area contributed by atoms with Crippen molar-refractivity contribution in [2.75, 3.05) is 25.9 Å². The van der Waals surface area contributed by atoms with Gasteiger partial charge in [-0.3, -0.25) is 4.79 Å². The van der Waals surface area contributed by atoms with Crippen molar-refractivity contribution in [3.05, 3.63) is 18.3 Å². The summed E-state index contributed by atoms with van der Waals surface area (Å²) in [6, 6.07) is 3.76. The quantitative estimate of drug-likeness (QED) is 0.573. The van der Waals surface area contributed by atoms with Gasteiger partial charge in [-0.2, -0.15) is 0 Å². The molecule has 2 heterocycles. The van der Waals surface area contributed by atoms with E-state index in [4.69, 9.17) is 5.73 Å². The van der Waals surface area contributed by atoms with Gasteiger partial charge in [0.15, 0.2) is 0 Å².